The first kappa shape index (κ1) is 14.0. The third-order valence-corrected chi connectivity index (χ3v) is 4.01. The molecule has 1 aromatic heterocycles. The molecule has 2 aromatic rings. The van der Waals surface area contributed by atoms with Gasteiger partial charge in [0.1, 0.15) is 5.82 Å². The molecular formula is C16H12FN5. The first-order valence-electron chi connectivity index (χ1n) is 6.75. The van der Waals surface area contributed by atoms with Crippen molar-refractivity contribution in [3.05, 3.63) is 41.0 Å². The molecule has 0 amide bonds. The number of aromatic nitrogens is 2. The maximum Gasteiger partial charge on any atom is 0.138 e. The van der Waals surface area contributed by atoms with Gasteiger partial charge in [0.05, 0.1) is 46.4 Å². The Balaban J connectivity index is 2.27. The number of aliphatic imine (C=N–C) groups is 1. The molecule has 1 N–H and O–H groups in total. The van der Waals surface area contributed by atoms with Crippen molar-refractivity contribution in [1.29, 1.82) is 10.5 Å². The fourth-order valence-corrected chi connectivity index (χ4v) is 2.92. The lowest BCUT2D eigenvalue weighted by molar-refractivity contribution is 0.590. The molecule has 6 heteroatoms. The Bertz CT molecular complexity index is 907. The zero-order chi connectivity index (χ0) is 15.9. The molecule has 2 heterocycles. The number of hydrogen-bond donors (Lipinski definition) is 1. The van der Waals surface area contributed by atoms with Crippen LogP contribution >= 0.6 is 0 Å². The van der Waals surface area contributed by atoms with Gasteiger partial charge in [-0.15, -0.1) is 0 Å². The number of halogens is 1. The van der Waals surface area contributed by atoms with Crippen molar-refractivity contribution in [2.75, 3.05) is 0 Å². The van der Waals surface area contributed by atoms with Gasteiger partial charge in [0.15, 0.2) is 0 Å². The van der Waals surface area contributed by atoms with Crippen LogP contribution in [0, 0.1) is 34.4 Å². The second kappa shape index (κ2) is 5.09. The number of H-pyrrole nitrogens is 1. The number of nitriles is 2. The summed E-state index contributed by atoms with van der Waals surface area (Å²) in [6.45, 7) is 3.43. The predicted molar refractivity (Wildman–Crippen MR) is 79.3 cm³/mol. The third kappa shape index (κ3) is 1.89. The molecule has 1 aliphatic heterocycles. The van der Waals surface area contributed by atoms with Crippen LogP contribution < -0.4 is 0 Å². The van der Waals surface area contributed by atoms with Crippen LogP contribution in [0.15, 0.2) is 34.6 Å². The predicted octanol–water partition coefficient (Wildman–Crippen LogP) is 3.20. The van der Waals surface area contributed by atoms with E-state index in [1.54, 1.807) is 26.0 Å². The zero-order valence-electron chi connectivity index (χ0n) is 12.1. The number of nitrogens with one attached hydrogen (secondary N) is 1. The van der Waals surface area contributed by atoms with Crippen LogP contribution in [0.2, 0.25) is 0 Å². The zero-order valence-corrected chi connectivity index (χ0v) is 12.1. The summed E-state index contributed by atoms with van der Waals surface area (Å²) >= 11 is 0. The van der Waals surface area contributed by atoms with Crippen LogP contribution in [-0.2, 0) is 0 Å². The Morgan fingerprint density at radius 1 is 1.27 bits per heavy atom. The van der Waals surface area contributed by atoms with Crippen molar-refractivity contribution < 1.29 is 4.39 Å². The monoisotopic (exact) mass is 293 g/mol. The van der Waals surface area contributed by atoms with Crippen molar-refractivity contribution in [3.8, 4) is 12.1 Å². The summed E-state index contributed by atoms with van der Waals surface area (Å²) in [7, 11) is 0. The molecule has 5 nitrogen and oxygen atoms in total. The lowest BCUT2D eigenvalue weighted by Crippen LogP contribution is -2.25. The molecule has 2 atom stereocenters. The summed E-state index contributed by atoms with van der Waals surface area (Å²) in [6, 6.07) is 7.55. The molecule has 0 spiro atoms. The first-order valence-corrected chi connectivity index (χ1v) is 6.75. The second-order valence-electron chi connectivity index (χ2n) is 5.25. The molecule has 22 heavy (non-hydrogen) atoms. The van der Waals surface area contributed by atoms with Gasteiger partial charge in [-0.2, -0.15) is 15.6 Å². The average molecular weight is 293 g/mol. The number of benzene rings is 1. The topological polar surface area (TPSA) is 88.6 Å². The van der Waals surface area contributed by atoms with Gasteiger partial charge < -0.3 is 0 Å². The summed E-state index contributed by atoms with van der Waals surface area (Å²) in [4.78, 5) is 4.26. The van der Waals surface area contributed by atoms with Crippen LogP contribution in [0.1, 0.15) is 25.3 Å². The molecule has 108 valence electrons. The molecule has 0 bridgehead atoms. The summed E-state index contributed by atoms with van der Waals surface area (Å²) in [5.41, 5.74) is 2.36. The van der Waals surface area contributed by atoms with Gasteiger partial charge in [0.2, 0.25) is 0 Å². The van der Waals surface area contributed by atoms with E-state index in [0.29, 0.717) is 33.4 Å². The minimum Gasteiger partial charge on any atom is -0.278 e. The molecule has 0 saturated heterocycles. The minimum absolute atomic E-state index is 0.325. The van der Waals surface area contributed by atoms with Gasteiger partial charge in [-0.25, -0.2) is 4.39 Å². The summed E-state index contributed by atoms with van der Waals surface area (Å²) in [5, 5.41) is 25.8. The third-order valence-electron chi connectivity index (χ3n) is 4.01. The SMILES string of the molecule is CC1=NC(C)=C(C#N)C(c2ccc3[nH]ncc3c2F)C1C#N. The maximum atomic E-state index is 14.8. The van der Waals surface area contributed by atoms with E-state index in [2.05, 4.69) is 27.3 Å². The van der Waals surface area contributed by atoms with Crippen molar-refractivity contribution in [2.24, 2.45) is 10.9 Å². The van der Waals surface area contributed by atoms with E-state index in [1.807, 2.05) is 0 Å². The van der Waals surface area contributed by atoms with Crippen LogP contribution in [0.3, 0.4) is 0 Å². The molecule has 2 unspecified atom stereocenters. The van der Waals surface area contributed by atoms with Crippen molar-refractivity contribution in [1.82, 2.24) is 10.2 Å². The normalized spacial score (nSPS) is 21.4. The van der Waals surface area contributed by atoms with Crippen molar-refractivity contribution in [2.45, 2.75) is 19.8 Å². The molecule has 0 fully saturated rings. The van der Waals surface area contributed by atoms with Gasteiger partial charge in [0, 0.05) is 11.6 Å². The van der Waals surface area contributed by atoms with E-state index in [-0.39, 0.29) is 0 Å². The number of fused-ring (bicyclic) bond motifs is 1. The maximum absolute atomic E-state index is 14.8. The minimum atomic E-state index is -0.655. The molecule has 1 aliphatic rings. The van der Waals surface area contributed by atoms with Crippen LogP contribution in [0.25, 0.3) is 10.9 Å². The Labute approximate surface area is 126 Å². The van der Waals surface area contributed by atoms with E-state index in [4.69, 9.17) is 0 Å². The smallest absolute Gasteiger partial charge is 0.138 e. The van der Waals surface area contributed by atoms with Gasteiger partial charge in [-0.1, -0.05) is 6.07 Å². The number of rotatable bonds is 1. The number of hydrogen-bond acceptors (Lipinski definition) is 4. The van der Waals surface area contributed by atoms with Gasteiger partial charge in [-0.3, -0.25) is 10.1 Å². The highest BCUT2D eigenvalue weighted by Gasteiger charge is 2.35. The molecular weight excluding hydrogens is 281 g/mol. The van der Waals surface area contributed by atoms with Crippen molar-refractivity contribution in [3.63, 3.8) is 0 Å². The quantitative estimate of drug-likeness (QED) is 0.875. The summed E-state index contributed by atoms with van der Waals surface area (Å²) < 4.78 is 14.8. The second-order valence-corrected chi connectivity index (χ2v) is 5.25. The standard InChI is InChI=1S/C16H12FN5/c1-8-11(5-18)15(12(6-19)9(2)21-8)10-3-4-14-13(16(10)17)7-20-22-14/h3-4,7,11,15H,1-2H3,(H,20,22). The average Bonchev–Trinajstić information content (AvgIpc) is 2.96. The van der Waals surface area contributed by atoms with Crippen molar-refractivity contribution >= 4 is 16.6 Å². The van der Waals surface area contributed by atoms with Gasteiger partial charge in [0.25, 0.3) is 0 Å². The summed E-state index contributed by atoms with van der Waals surface area (Å²) in [5.74, 6) is -1.75. The van der Waals surface area contributed by atoms with Gasteiger partial charge >= 0.3 is 0 Å². The Morgan fingerprint density at radius 3 is 2.73 bits per heavy atom. The highest BCUT2D eigenvalue weighted by atomic mass is 19.1. The fraction of sp³-hybridized carbons (Fsp3) is 0.250. The number of allylic oxidation sites excluding steroid dienone is 2. The van der Waals surface area contributed by atoms with Crippen LogP contribution in [0.4, 0.5) is 4.39 Å². The first-order chi connectivity index (χ1) is 10.6. The largest absolute Gasteiger partial charge is 0.278 e. The number of aromatic amines is 1. The highest BCUT2D eigenvalue weighted by Crippen LogP contribution is 2.40. The van der Waals surface area contributed by atoms with E-state index in [1.165, 1.54) is 6.20 Å². The van der Waals surface area contributed by atoms with Crippen LogP contribution in [0.5, 0.6) is 0 Å². The molecule has 3 rings (SSSR count). The van der Waals surface area contributed by atoms with E-state index < -0.39 is 17.7 Å². The Kier molecular flexibility index (Phi) is 3.23. The number of nitrogens with zero attached hydrogens (tertiary/aromatic N) is 4. The Morgan fingerprint density at radius 2 is 2.05 bits per heavy atom. The molecule has 0 saturated carbocycles. The Hall–Kier alpha value is -2.99. The van der Waals surface area contributed by atoms with Gasteiger partial charge in [-0.05, 0) is 25.5 Å². The van der Waals surface area contributed by atoms with E-state index in [0.717, 1.165) is 0 Å². The highest BCUT2D eigenvalue weighted by molar-refractivity contribution is 5.91. The summed E-state index contributed by atoms with van der Waals surface area (Å²) in [6.07, 6.45) is 1.40. The van der Waals surface area contributed by atoms with Crippen LogP contribution in [-0.4, -0.2) is 15.9 Å². The lowest BCUT2D eigenvalue weighted by atomic mass is 9.76. The lowest BCUT2D eigenvalue weighted by Gasteiger charge is -2.27. The molecule has 0 aliphatic carbocycles. The molecule has 0 radical (unpaired) electrons. The van der Waals surface area contributed by atoms with E-state index >= 15 is 0 Å². The van der Waals surface area contributed by atoms with E-state index in [9.17, 15) is 14.9 Å². The molecule has 1 aromatic carbocycles. The fourth-order valence-electron chi connectivity index (χ4n) is 2.92.